The molecule has 1 aromatic rings. The Hall–Kier alpha value is -2.37. The van der Waals surface area contributed by atoms with Crippen LogP contribution >= 0.6 is 0 Å². The van der Waals surface area contributed by atoms with Crippen molar-refractivity contribution >= 4 is 23.5 Å². The molecule has 0 spiro atoms. The predicted octanol–water partition coefficient (Wildman–Crippen LogP) is 1.81. The van der Waals surface area contributed by atoms with Crippen LogP contribution in [0.25, 0.3) is 0 Å². The number of anilines is 1. The van der Waals surface area contributed by atoms with Crippen LogP contribution in [0, 0.1) is 0 Å². The molecule has 0 saturated carbocycles. The lowest BCUT2D eigenvalue weighted by molar-refractivity contribution is -0.165. The number of ether oxygens (including phenoxy) is 2. The second-order valence-corrected chi connectivity index (χ2v) is 5.28. The molecule has 6 nitrogen and oxygen atoms in total. The van der Waals surface area contributed by atoms with E-state index < -0.39 is 17.4 Å². The number of carbonyl (C=O) groups excluding carboxylic acids is 3. The summed E-state index contributed by atoms with van der Waals surface area (Å²) in [5, 5.41) is 0. The van der Waals surface area contributed by atoms with Crippen molar-refractivity contribution in [2.24, 2.45) is 0 Å². The molecule has 0 bridgehead atoms. The SMILES string of the molecule is CCOC(=O)C1(C(=O)OCC)CCN(C(C)=O)c2ccccc21. The first-order valence-electron chi connectivity index (χ1n) is 7.71. The van der Waals surface area contributed by atoms with E-state index in [4.69, 9.17) is 9.47 Å². The first-order valence-corrected chi connectivity index (χ1v) is 7.71. The molecule has 23 heavy (non-hydrogen) atoms. The third-order valence-corrected chi connectivity index (χ3v) is 3.99. The summed E-state index contributed by atoms with van der Waals surface area (Å²) < 4.78 is 10.3. The van der Waals surface area contributed by atoms with Crippen molar-refractivity contribution in [1.82, 2.24) is 0 Å². The molecule has 0 unspecified atom stereocenters. The van der Waals surface area contributed by atoms with Crippen LogP contribution in [0.5, 0.6) is 0 Å². The Labute approximate surface area is 135 Å². The van der Waals surface area contributed by atoms with Gasteiger partial charge in [0.15, 0.2) is 5.41 Å². The van der Waals surface area contributed by atoms with Gasteiger partial charge < -0.3 is 14.4 Å². The summed E-state index contributed by atoms with van der Waals surface area (Å²) in [4.78, 5) is 38.7. The maximum Gasteiger partial charge on any atom is 0.328 e. The van der Waals surface area contributed by atoms with Gasteiger partial charge in [0.2, 0.25) is 5.91 Å². The summed E-state index contributed by atoms with van der Waals surface area (Å²) in [6, 6.07) is 6.90. The average Bonchev–Trinajstić information content (AvgIpc) is 2.53. The van der Waals surface area contributed by atoms with Crippen LogP contribution in [0.4, 0.5) is 5.69 Å². The van der Waals surface area contributed by atoms with Crippen molar-refractivity contribution in [2.45, 2.75) is 32.6 Å². The fourth-order valence-corrected chi connectivity index (χ4v) is 2.95. The molecule has 1 aliphatic rings. The summed E-state index contributed by atoms with van der Waals surface area (Å²) in [6.07, 6.45) is 0.140. The number of carbonyl (C=O) groups is 3. The van der Waals surface area contributed by atoms with Gasteiger partial charge in [-0.25, -0.2) is 0 Å². The number of amides is 1. The van der Waals surface area contributed by atoms with E-state index in [0.717, 1.165) is 0 Å². The molecule has 0 N–H and O–H groups in total. The second kappa shape index (κ2) is 6.81. The number of hydrogen-bond acceptors (Lipinski definition) is 5. The average molecular weight is 319 g/mol. The van der Waals surface area contributed by atoms with Gasteiger partial charge in [0.05, 0.1) is 13.2 Å². The Morgan fingerprint density at radius 1 is 1.09 bits per heavy atom. The zero-order chi connectivity index (χ0) is 17.0. The monoisotopic (exact) mass is 319 g/mol. The molecule has 0 radical (unpaired) electrons. The highest BCUT2D eigenvalue weighted by molar-refractivity contribution is 6.09. The highest BCUT2D eigenvalue weighted by atomic mass is 16.6. The molecule has 1 heterocycles. The molecule has 1 amide bonds. The van der Waals surface area contributed by atoms with Gasteiger partial charge in [0.1, 0.15) is 0 Å². The lowest BCUT2D eigenvalue weighted by atomic mass is 9.74. The van der Waals surface area contributed by atoms with E-state index in [9.17, 15) is 14.4 Å². The number of para-hydroxylation sites is 1. The highest BCUT2D eigenvalue weighted by Crippen LogP contribution is 2.42. The maximum absolute atomic E-state index is 12.6. The van der Waals surface area contributed by atoms with E-state index in [-0.39, 0.29) is 32.1 Å². The lowest BCUT2D eigenvalue weighted by Crippen LogP contribution is -2.53. The zero-order valence-electron chi connectivity index (χ0n) is 13.6. The Bertz CT molecular complexity index is 607. The lowest BCUT2D eigenvalue weighted by Gasteiger charge is -2.39. The number of fused-ring (bicyclic) bond motifs is 1. The number of nitrogens with zero attached hydrogens (tertiary/aromatic N) is 1. The quantitative estimate of drug-likeness (QED) is 0.625. The van der Waals surface area contributed by atoms with Gasteiger partial charge in [-0.05, 0) is 26.3 Å². The van der Waals surface area contributed by atoms with Crippen molar-refractivity contribution in [3.63, 3.8) is 0 Å². The topological polar surface area (TPSA) is 72.9 Å². The number of rotatable bonds is 4. The minimum Gasteiger partial charge on any atom is -0.465 e. The zero-order valence-corrected chi connectivity index (χ0v) is 13.6. The first-order chi connectivity index (χ1) is 11.0. The van der Waals surface area contributed by atoms with Gasteiger partial charge in [0, 0.05) is 24.7 Å². The van der Waals surface area contributed by atoms with Crippen molar-refractivity contribution < 1.29 is 23.9 Å². The Kier molecular flexibility index (Phi) is 5.03. The Morgan fingerprint density at radius 3 is 2.17 bits per heavy atom. The summed E-state index contributed by atoms with van der Waals surface area (Å²) in [6.45, 7) is 5.42. The summed E-state index contributed by atoms with van der Waals surface area (Å²) in [5.41, 5.74) is -0.514. The third-order valence-electron chi connectivity index (χ3n) is 3.99. The maximum atomic E-state index is 12.6. The van der Waals surface area contributed by atoms with E-state index >= 15 is 0 Å². The normalized spacial score (nSPS) is 15.5. The van der Waals surface area contributed by atoms with Crippen LogP contribution in [0.15, 0.2) is 24.3 Å². The molecule has 0 fully saturated rings. The summed E-state index contributed by atoms with van der Waals surface area (Å²) >= 11 is 0. The molecule has 0 aliphatic carbocycles. The van der Waals surface area contributed by atoms with E-state index in [2.05, 4.69) is 0 Å². The van der Waals surface area contributed by atoms with Crippen LogP contribution in [-0.4, -0.2) is 37.6 Å². The van der Waals surface area contributed by atoms with Crippen LogP contribution in [-0.2, 0) is 29.3 Å². The van der Waals surface area contributed by atoms with Gasteiger partial charge in [-0.2, -0.15) is 0 Å². The smallest absolute Gasteiger partial charge is 0.328 e. The minimum absolute atomic E-state index is 0.140. The van der Waals surface area contributed by atoms with E-state index in [1.807, 2.05) is 0 Å². The number of hydrogen-bond donors (Lipinski definition) is 0. The molecule has 2 rings (SSSR count). The molecule has 0 aromatic heterocycles. The minimum atomic E-state index is -1.52. The third kappa shape index (κ3) is 2.81. The largest absolute Gasteiger partial charge is 0.465 e. The fourth-order valence-electron chi connectivity index (χ4n) is 2.95. The van der Waals surface area contributed by atoms with E-state index in [1.165, 1.54) is 6.92 Å². The van der Waals surface area contributed by atoms with E-state index in [0.29, 0.717) is 11.3 Å². The fraction of sp³-hybridized carbons (Fsp3) is 0.471. The summed E-state index contributed by atoms with van der Waals surface area (Å²) in [7, 11) is 0. The molecule has 1 aliphatic heterocycles. The first kappa shape index (κ1) is 17.0. The molecular weight excluding hydrogens is 298 g/mol. The van der Waals surface area contributed by atoms with Gasteiger partial charge in [-0.15, -0.1) is 0 Å². The number of benzene rings is 1. The van der Waals surface area contributed by atoms with Gasteiger partial charge in [-0.3, -0.25) is 14.4 Å². The molecule has 1 aromatic carbocycles. The van der Waals surface area contributed by atoms with Crippen LogP contribution in [0.3, 0.4) is 0 Å². The van der Waals surface area contributed by atoms with Crippen LogP contribution < -0.4 is 4.90 Å². The number of esters is 2. The van der Waals surface area contributed by atoms with Crippen LogP contribution in [0.2, 0.25) is 0 Å². The van der Waals surface area contributed by atoms with Gasteiger partial charge >= 0.3 is 11.9 Å². The predicted molar refractivity (Wildman–Crippen MR) is 84.0 cm³/mol. The van der Waals surface area contributed by atoms with Crippen molar-refractivity contribution in [2.75, 3.05) is 24.7 Å². The van der Waals surface area contributed by atoms with Gasteiger partial charge in [0.25, 0.3) is 0 Å². The van der Waals surface area contributed by atoms with Crippen molar-refractivity contribution in [1.29, 1.82) is 0 Å². The van der Waals surface area contributed by atoms with Crippen molar-refractivity contribution in [3.8, 4) is 0 Å². The molecule has 0 atom stereocenters. The Morgan fingerprint density at radius 2 is 1.65 bits per heavy atom. The van der Waals surface area contributed by atoms with Crippen LogP contribution in [0.1, 0.15) is 32.8 Å². The molecule has 0 saturated heterocycles. The van der Waals surface area contributed by atoms with Crippen molar-refractivity contribution in [3.05, 3.63) is 29.8 Å². The molecular formula is C17H21NO5. The Balaban J connectivity index is 2.63. The molecule has 6 heteroatoms. The van der Waals surface area contributed by atoms with Gasteiger partial charge in [-0.1, -0.05) is 18.2 Å². The summed E-state index contributed by atoms with van der Waals surface area (Å²) in [5.74, 6) is -1.40. The standard InChI is InChI=1S/C17H21NO5/c1-4-22-15(20)17(16(21)23-5-2)10-11-18(12(3)19)14-9-7-6-8-13(14)17/h6-9H,4-5,10-11H2,1-3H3. The molecule has 124 valence electrons. The highest BCUT2D eigenvalue weighted by Gasteiger charge is 2.54. The van der Waals surface area contributed by atoms with E-state index in [1.54, 1.807) is 43.0 Å². The second-order valence-electron chi connectivity index (χ2n) is 5.28.